The van der Waals surface area contributed by atoms with Crippen molar-refractivity contribution in [3.8, 4) is 0 Å². The average Bonchev–Trinajstić information content (AvgIpc) is 2.58. The van der Waals surface area contributed by atoms with Crippen molar-refractivity contribution in [1.82, 2.24) is 15.5 Å². The maximum absolute atomic E-state index is 6.27. The summed E-state index contributed by atoms with van der Waals surface area (Å²) in [5.41, 5.74) is 1.23. The van der Waals surface area contributed by atoms with E-state index in [1.165, 1.54) is 18.4 Å². The lowest BCUT2D eigenvalue weighted by Gasteiger charge is -2.32. The van der Waals surface area contributed by atoms with Crippen LogP contribution in [-0.4, -0.2) is 44.1 Å². The Bertz CT molecular complexity index is 522. The number of hydrogen-bond acceptors (Lipinski definition) is 2. The van der Waals surface area contributed by atoms with Crippen molar-refractivity contribution in [1.29, 1.82) is 0 Å². The zero-order valence-corrected chi connectivity index (χ0v) is 15.9. The summed E-state index contributed by atoms with van der Waals surface area (Å²) >= 11 is 6.27. The molecule has 1 aromatic rings. The first-order valence-corrected chi connectivity index (χ1v) is 9.36. The molecule has 134 valence electrons. The lowest BCUT2D eigenvalue weighted by atomic mass is 9.96. The van der Waals surface area contributed by atoms with E-state index in [4.69, 9.17) is 11.6 Å². The molecule has 0 unspecified atom stereocenters. The van der Waals surface area contributed by atoms with Gasteiger partial charge in [0.05, 0.1) is 0 Å². The monoisotopic (exact) mass is 350 g/mol. The molecule has 24 heavy (non-hydrogen) atoms. The predicted molar refractivity (Wildman–Crippen MR) is 104 cm³/mol. The van der Waals surface area contributed by atoms with Gasteiger partial charge in [0.25, 0.3) is 0 Å². The van der Waals surface area contributed by atoms with Crippen LogP contribution >= 0.6 is 11.6 Å². The number of hydrogen-bond donors (Lipinski definition) is 2. The van der Waals surface area contributed by atoms with Crippen LogP contribution < -0.4 is 10.6 Å². The van der Waals surface area contributed by atoms with Crippen LogP contribution in [0, 0.1) is 11.8 Å². The van der Waals surface area contributed by atoms with Crippen LogP contribution in [0.25, 0.3) is 0 Å². The summed E-state index contributed by atoms with van der Waals surface area (Å²) in [5, 5.41) is 7.71. The van der Waals surface area contributed by atoms with E-state index >= 15 is 0 Å². The molecule has 0 aromatic heterocycles. The number of halogens is 1. The van der Waals surface area contributed by atoms with Crippen molar-refractivity contribution in [3.63, 3.8) is 0 Å². The molecule has 1 heterocycles. The minimum Gasteiger partial charge on any atom is -0.356 e. The van der Waals surface area contributed by atoms with Crippen LogP contribution in [0.2, 0.25) is 5.02 Å². The molecule has 1 aliphatic heterocycles. The number of nitrogens with zero attached hydrogens (tertiary/aromatic N) is 2. The Hall–Kier alpha value is -1.26. The Kier molecular flexibility index (Phi) is 7.86. The lowest BCUT2D eigenvalue weighted by molar-refractivity contribution is 0.178. The van der Waals surface area contributed by atoms with E-state index in [1.54, 1.807) is 0 Å². The average molecular weight is 351 g/mol. The third kappa shape index (κ3) is 6.33. The normalized spacial score (nSPS) is 17.3. The van der Waals surface area contributed by atoms with Gasteiger partial charge in [-0.25, -0.2) is 0 Å². The van der Waals surface area contributed by atoms with E-state index < -0.39 is 0 Å². The first kappa shape index (κ1) is 19.1. The quantitative estimate of drug-likeness (QED) is 0.610. The number of rotatable bonds is 6. The highest BCUT2D eigenvalue weighted by atomic mass is 35.5. The first-order chi connectivity index (χ1) is 11.6. The van der Waals surface area contributed by atoms with Gasteiger partial charge in [-0.2, -0.15) is 0 Å². The molecule has 0 atom stereocenters. The molecule has 1 saturated heterocycles. The Morgan fingerprint density at radius 2 is 1.96 bits per heavy atom. The van der Waals surface area contributed by atoms with Gasteiger partial charge in [-0.1, -0.05) is 43.6 Å². The Labute approximate surface area is 151 Å². The zero-order valence-electron chi connectivity index (χ0n) is 15.2. The Morgan fingerprint density at radius 3 is 2.58 bits per heavy atom. The van der Waals surface area contributed by atoms with Gasteiger partial charge in [0, 0.05) is 31.7 Å². The fourth-order valence-electron chi connectivity index (χ4n) is 2.98. The summed E-state index contributed by atoms with van der Waals surface area (Å²) in [6, 6.07) is 8.15. The highest BCUT2D eigenvalue weighted by molar-refractivity contribution is 6.31. The van der Waals surface area contributed by atoms with Crippen molar-refractivity contribution in [2.45, 2.75) is 33.2 Å². The fraction of sp³-hybridized carbons (Fsp3) is 0.632. The lowest BCUT2D eigenvalue weighted by Crippen LogP contribution is -2.43. The molecule has 4 nitrogen and oxygen atoms in total. The summed E-state index contributed by atoms with van der Waals surface area (Å²) in [5.74, 6) is 2.25. The van der Waals surface area contributed by atoms with Crippen LogP contribution in [0.5, 0.6) is 0 Å². The number of nitrogens with one attached hydrogen (secondary N) is 2. The highest BCUT2D eigenvalue weighted by Gasteiger charge is 2.20. The van der Waals surface area contributed by atoms with Gasteiger partial charge in [-0.15, -0.1) is 0 Å². The molecule has 1 aliphatic rings. The van der Waals surface area contributed by atoms with E-state index in [0.717, 1.165) is 43.7 Å². The molecule has 0 amide bonds. The van der Waals surface area contributed by atoms with E-state index in [2.05, 4.69) is 46.5 Å². The number of aliphatic imine (C=N–C) groups is 1. The molecular weight excluding hydrogens is 320 g/mol. The van der Waals surface area contributed by atoms with Crippen LogP contribution in [0.4, 0.5) is 0 Å². The van der Waals surface area contributed by atoms with Gasteiger partial charge in [-0.3, -0.25) is 9.89 Å². The van der Waals surface area contributed by atoms with Gasteiger partial charge in [0.15, 0.2) is 5.96 Å². The minimum atomic E-state index is 0.622. The molecule has 0 aliphatic carbocycles. The van der Waals surface area contributed by atoms with Gasteiger partial charge >= 0.3 is 0 Å². The standard InChI is InChI=1S/C19H31ClN4/c1-15(2)12-22-19(21-3)23-13-16-8-10-24(11-9-16)14-17-6-4-5-7-18(17)20/h4-7,15-16H,8-14H2,1-3H3,(H2,21,22,23). The summed E-state index contributed by atoms with van der Waals surface area (Å²) < 4.78 is 0. The van der Waals surface area contributed by atoms with Gasteiger partial charge in [0.2, 0.25) is 0 Å². The summed E-state index contributed by atoms with van der Waals surface area (Å²) in [4.78, 5) is 6.80. The highest BCUT2D eigenvalue weighted by Crippen LogP contribution is 2.21. The van der Waals surface area contributed by atoms with Gasteiger partial charge in [0.1, 0.15) is 0 Å². The molecular formula is C19H31ClN4. The van der Waals surface area contributed by atoms with Crippen LogP contribution in [0.15, 0.2) is 29.3 Å². The topological polar surface area (TPSA) is 39.7 Å². The van der Waals surface area contributed by atoms with Crippen LogP contribution in [0.3, 0.4) is 0 Å². The molecule has 2 rings (SSSR count). The second-order valence-corrected chi connectivity index (χ2v) is 7.45. The Morgan fingerprint density at radius 1 is 1.25 bits per heavy atom. The smallest absolute Gasteiger partial charge is 0.190 e. The van der Waals surface area contributed by atoms with Gasteiger partial charge < -0.3 is 10.6 Å². The van der Waals surface area contributed by atoms with Crippen molar-refractivity contribution >= 4 is 17.6 Å². The van der Waals surface area contributed by atoms with Crippen molar-refractivity contribution in [3.05, 3.63) is 34.9 Å². The molecule has 5 heteroatoms. The summed E-state index contributed by atoms with van der Waals surface area (Å²) in [7, 11) is 1.84. The zero-order chi connectivity index (χ0) is 17.4. The molecule has 1 aromatic carbocycles. The fourth-order valence-corrected chi connectivity index (χ4v) is 3.17. The molecule has 0 saturated carbocycles. The molecule has 0 bridgehead atoms. The summed E-state index contributed by atoms with van der Waals surface area (Å²) in [6.45, 7) is 9.58. The first-order valence-electron chi connectivity index (χ1n) is 8.98. The second-order valence-electron chi connectivity index (χ2n) is 7.04. The third-order valence-corrected chi connectivity index (χ3v) is 4.89. The minimum absolute atomic E-state index is 0.622. The van der Waals surface area contributed by atoms with E-state index in [0.29, 0.717) is 11.8 Å². The second kappa shape index (κ2) is 9.90. The van der Waals surface area contributed by atoms with Crippen LogP contribution in [-0.2, 0) is 6.54 Å². The van der Waals surface area contributed by atoms with E-state index in [-0.39, 0.29) is 0 Å². The van der Waals surface area contributed by atoms with E-state index in [1.807, 2.05) is 19.2 Å². The van der Waals surface area contributed by atoms with Crippen molar-refractivity contribution in [2.24, 2.45) is 16.8 Å². The van der Waals surface area contributed by atoms with Crippen molar-refractivity contribution < 1.29 is 0 Å². The SMILES string of the molecule is CN=C(NCC(C)C)NCC1CCN(Cc2ccccc2Cl)CC1. The van der Waals surface area contributed by atoms with E-state index in [9.17, 15) is 0 Å². The number of likely N-dealkylation sites (tertiary alicyclic amines) is 1. The largest absolute Gasteiger partial charge is 0.356 e. The number of guanidine groups is 1. The molecule has 1 fully saturated rings. The molecule has 0 radical (unpaired) electrons. The number of benzene rings is 1. The Balaban J connectivity index is 1.70. The molecule has 2 N–H and O–H groups in total. The van der Waals surface area contributed by atoms with Crippen LogP contribution in [0.1, 0.15) is 32.3 Å². The van der Waals surface area contributed by atoms with Crippen molar-refractivity contribution in [2.75, 3.05) is 33.2 Å². The maximum Gasteiger partial charge on any atom is 0.190 e. The maximum atomic E-state index is 6.27. The predicted octanol–water partition coefficient (Wildman–Crippen LogP) is 3.37. The summed E-state index contributed by atoms with van der Waals surface area (Å²) in [6.07, 6.45) is 2.44. The van der Waals surface area contributed by atoms with Gasteiger partial charge in [-0.05, 0) is 49.4 Å². The number of piperidine rings is 1. The molecule has 0 spiro atoms. The third-order valence-electron chi connectivity index (χ3n) is 4.52.